The number of benzene rings is 4. The van der Waals surface area contributed by atoms with E-state index < -0.39 is 0 Å². The largest absolute Gasteiger partial charge is 0.593 e. The van der Waals surface area contributed by atoms with Crippen LogP contribution in [0.2, 0.25) is 0 Å². The summed E-state index contributed by atoms with van der Waals surface area (Å²) < 4.78 is 0. The van der Waals surface area contributed by atoms with E-state index >= 15 is 0 Å². The van der Waals surface area contributed by atoms with Gasteiger partial charge in [-0.3, -0.25) is 0 Å². The smallest absolute Gasteiger partial charge is 0.264 e. The quantitative estimate of drug-likeness (QED) is 0.495. The minimum absolute atomic E-state index is 0.363. The standard InChI is InChI=1S/C23H20O2/c1-14-11-16(18-7-3-5-9-20(18)22(14)24)13-17-12-15(2)23(25)21-10-6-4-8-19(17)21/h3-12,24-25H,13H2,1-2H3/p+1. The second-order valence-corrected chi connectivity index (χ2v) is 6.70. The van der Waals surface area contributed by atoms with Crippen molar-refractivity contribution in [2.45, 2.75) is 20.3 Å². The van der Waals surface area contributed by atoms with Gasteiger partial charge >= 0.3 is 0 Å². The van der Waals surface area contributed by atoms with E-state index in [0.29, 0.717) is 11.5 Å². The highest BCUT2D eigenvalue weighted by molar-refractivity contribution is 5.95. The molecule has 0 fully saturated rings. The Labute approximate surface area is 147 Å². The van der Waals surface area contributed by atoms with Gasteiger partial charge in [-0.1, -0.05) is 48.5 Å². The van der Waals surface area contributed by atoms with Crippen LogP contribution in [0.3, 0.4) is 0 Å². The van der Waals surface area contributed by atoms with Crippen LogP contribution in [0, 0.1) is 13.8 Å². The lowest BCUT2D eigenvalue weighted by molar-refractivity contribution is 0.477. The molecule has 25 heavy (non-hydrogen) atoms. The predicted molar refractivity (Wildman–Crippen MR) is 105 cm³/mol. The first-order chi connectivity index (χ1) is 12.1. The molecule has 0 aliphatic heterocycles. The molecular formula is C23H21O2+. The number of hydrogen-bond donors (Lipinski definition) is 1. The van der Waals surface area contributed by atoms with Crippen LogP contribution in [0.25, 0.3) is 21.5 Å². The van der Waals surface area contributed by atoms with Crippen LogP contribution in [0.15, 0.2) is 60.7 Å². The molecule has 124 valence electrons. The minimum atomic E-state index is 0.363. The summed E-state index contributed by atoms with van der Waals surface area (Å²) in [7, 11) is 0. The Morgan fingerprint density at radius 2 is 1.20 bits per heavy atom. The average Bonchev–Trinajstić information content (AvgIpc) is 2.64. The van der Waals surface area contributed by atoms with Crippen molar-refractivity contribution in [3.8, 4) is 11.5 Å². The molecule has 0 heterocycles. The fraction of sp³-hybridized carbons (Fsp3) is 0.130. The number of phenolic OH excluding ortho intramolecular Hbond substituents is 1. The Balaban J connectivity index is 1.95. The van der Waals surface area contributed by atoms with Crippen LogP contribution in [-0.4, -0.2) is 10.2 Å². The molecule has 3 N–H and O–H groups in total. The maximum absolute atomic E-state index is 10.4. The zero-order valence-corrected chi connectivity index (χ0v) is 14.4. The number of rotatable bonds is 2. The van der Waals surface area contributed by atoms with Crippen LogP contribution in [0.5, 0.6) is 11.5 Å². The van der Waals surface area contributed by atoms with Gasteiger partial charge in [0.15, 0.2) is 0 Å². The van der Waals surface area contributed by atoms with Gasteiger partial charge in [0.1, 0.15) is 5.75 Å². The van der Waals surface area contributed by atoms with Crippen LogP contribution >= 0.6 is 0 Å². The molecule has 2 heteroatoms. The SMILES string of the molecule is Cc1cc(Cc2cc(C)c([OH2+])c3ccccc23)c2ccccc2c1O. The van der Waals surface area contributed by atoms with E-state index in [0.717, 1.165) is 39.1 Å². The number of phenols is 1. The summed E-state index contributed by atoms with van der Waals surface area (Å²) in [5.74, 6) is 0.966. The second kappa shape index (κ2) is 5.82. The molecule has 4 aromatic rings. The fourth-order valence-corrected chi connectivity index (χ4v) is 3.69. The molecule has 0 bridgehead atoms. The van der Waals surface area contributed by atoms with E-state index in [-0.39, 0.29) is 0 Å². The van der Waals surface area contributed by atoms with E-state index in [1.165, 1.54) is 11.1 Å². The van der Waals surface area contributed by atoms with E-state index in [1.54, 1.807) is 0 Å². The van der Waals surface area contributed by atoms with E-state index in [4.69, 9.17) is 5.11 Å². The summed E-state index contributed by atoms with van der Waals surface area (Å²) in [6.45, 7) is 3.94. The van der Waals surface area contributed by atoms with Gasteiger partial charge in [0.25, 0.3) is 5.75 Å². The van der Waals surface area contributed by atoms with Gasteiger partial charge in [-0.2, -0.15) is 0 Å². The highest BCUT2D eigenvalue weighted by Crippen LogP contribution is 2.36. The fourth-order valence-electron chi connectivity index (χ4n) is 3.69. The van der Waals surface area contributed by atoms with Crippen molar-refractivity contribution >= 4 is 21.5 Å². The molecule has 2 nitrogen and oxygen atoms in total. The monoisotopic (exact) mass is 329 g/mol. The highest BCUT2D eigenvalue weighted by Gasteiger charge is 2.14. The van der Waals surface area contributed by atoms with E-state index in [9.17, 15) is 5.11 Å². The van der Waals surface area contributed by atoms with Crippen molar-refractivity contribution in [1.29, 1.82) is 0 Å². The predicted octanol–water partition coefficient (Wildman–Crippen LogP) is 5.34. The summed E-state index contributed by atoms with van der Waals surface area (Å²) >= 11 is 0. The molecule has 0 saturated heterocycles. The van der Waals surface area contributed by atoms with E-state index in [1.807, 2.05) is 50.2 Å². The molecular weight excluding hydrogens is 308 g/mol. The summed E-state index contributed by atoms with van der Waals surface area (Å²) in [4.78, 5) is 0. The first-order valence-electron chi connectivity index (χ1n) is 8.49. The average molecular weight is 329 g/mol. The van der Waals surface area contributed by atoms with Crippen LogP contribution in [0.4, 0.5) is 0 Å². The van der Waals surface area contributed by atoms with Gasteiger partial charge in [-0.25, -0.2) is 0 Å². The Morgan fingerprint density at radius 3 is 1.84 bits per heavy atom. The first-order valence-corrected chi connectivity index (χ1v) is 8.49. The lowest BCUT2D eigenvalue weighted by atomic mass is 9.91. The van der Waals surface area contributed by atoms with Crippen molar-refractivity contribution in [3.05, 3.63) is 82.9 Å². The summed E-state index contributed by atoms with van der Waals surface area (Å²) in [6.07, 6.45) is 0.781. The maximum atomic E-state index is 10.4. The summed E-state index contributed by atoms with van der Waals surface area (Å²) in [5, 5.41) is 22.8. The number of hydrogen-bond acceptors (Lipinski definition) is 1. The lowest BCUT2D eigenvalue weighted by Crippen LogP contribution is -1.95. The molecule has 4 rings (SSSR count). The van der Waals surface area contributed by atoms with Gasteiger partial charge < -0.3 is 10.2 Å². The Hall–Kier alpha value is -3.00. The van der Waals surface area contributed by atoms with Crippen LogP contribution in [-0.2, 0) is 6.42 Å². The normalized spacial score (nSPS) is 11.3. The second-order valence-electron chi connectivity index (χ2n) is 6.70. The third-order valence-corrected chi connectivity index (χ3v) is 5.00. The van der Waals surface area contributed by atoms with Gasteiger partial charge in [0.2, 0.25) is 0 Å². The molecule has 0 spiro atoms. The van der Waals surface area contributed by atoms with Gasteiger partial charge in [-0.05, 0) is 59.9 Å². The number of aromatic hydroxyl groups is 1. The van der Waals surface area contributed by atoms with Crippen molar-refractivity contribution in [3.63, 3.8) is 0 Å². The Morgan fingerprint density at radius 1 is 0.720 bits per heavy atom. The van der Waals surface area contributed by atoms with Crippen molar-refractivity contribution in [1.82, 2.24) is 0 Å². The van der Waals surface area contributed by atoms with Crippen LogP contribution in [0.1, 0.15) is 22.3 Å². The van der Waals surface area contributed by atoms with Gasteiger partial charge in [0.05, 0.1) is 5.39 Å². The number of aryl methyl sites for hydroxylation is 2. The van der Waals surface area contributed by atoms with Crippen molar-refractivity contribution in [2.75, 3.05) is 0 Å². The van der Waals surface area contributed by atoms with Crippen molar-refractivity contribution in [2.24, 2.45) is 0 Å². The topological polar surface area (TPSA) is 43.1 Å². The van der Waals surface area contributed by atoms with Crippen LogP contribution < -0.4 is 0 Å². The molecule has 0 aliphatic carbocycles. The molecule has 0 unspecified atom stereocenters. The first kappa shape index (κ1) is 15.5. The lowest BCUT2D eigenvalue weighted by Gasteiger charge is -2.13. The third kappa shape index (κ3) is 2.51. The Bertz CT molecular complexity index is 1020. The van der Waals surface area contributed by atoms with Gasteiger partial charge in [-0.15, -0.1) is 0 Å². The summed E-state index contributed by atoms with van der Waals surface area (Å²) in [5.41, 5.74) is 4.31. The highest BCUT2D eigenvalue weighted by atomic mass is 16.3. The molecule has 0 amide bonds. The minimum Gasteiger partial charge on any atom is -0.593 e. The zero-order valence-electron chi connectivity index (χ0n) is 14.4. The molecule has 0 atom stereocenters. The number of fused-ring (bicyclic) bond motifs is 2. The molecule has 0 saturated carbocycles. The molecule has 0 radical (unpaired) electrons. The Kier molecular flexibility index (Phi) is 3.61. The summed E-state index contributed by atoms with van der Waals surface area (Å²) in [6, 6.07) is 20.3. The molecule has 0 aromatic heterocycles. The van der Waals surface area contributed by atoms with Gasteiger partial charge in [0, 0.05) is 10.9 Å². The van der Waals surface area contributed by atoms with Crippen molar-refractivity contribution < 1.29 is 10.2 Å². The zero-order chi connectivity index (χ0) is 17.6. The third-order valence-electron chi connectivity index (χ3n) is 5.00. The molecule has 4 aromatic carbocycles. The van der Waals surface area contributed by atoms with E-state index in [2.05, 4.69) is 24.3 Å². The molecule has 0 aliphatic rings. The maximum Gasteiger partial charge on any atom is 0.264 e.